The van der Waals surface area contributed by atoms with Crippen LogP contribution in [0.5, 0.6) is 0 Å². The minimum absolute atomic E-state index is 0.1000. The number of ketones is 1. The molecule has 110 valence electrons. The Kier molecular flexibility index (Phi) is 5.44. The molecule has 0 radical (unpaired) electrons. The van der Waals surface area contributed by atoms with Gasteiger partial charge in [-0.15, -0.1) is 0 Å². The van der Waals surface area contributed by atoms with Gasteiger partial charge in [0.1, 0.15) is 0 Å². The number of piperidine rings is 1. The van der Waals surface area contributed by atoms with E-state index in [0.29, 0.717) is 28.2 Å². The second kappa shape index (κ2) is 6.90. The van der Waals surface area contributed by atoms with Crippen LogP contribution in [0.25, 0.3) is 0 Å². The molecule has 0 saturated carbocycles. The zero-order chi connectivity index (χ0) is 14.7. The number of Topliss-reactive ketones (excluding diaryl/α,β-unsaturated/α-hetero) is 1. The van der Waals surface area contributed by atoms with Gasteiger partial charge in [-0.3, -0.25) is 9.69 Å². The molecule has 0 aromatic heterocycles. The summed E-state index contributed by atoms with van der Waals surface area (Å²) in [4.78, 5) is 16.7. The maximum Gasteiger partial charge on any atom is 0.176 e. The van der Waals surface area contributed by atoms with E-state index in [1.807, 2.05) is 0 Å². The lowest BCUT2D eigenvalue weighted by molar-refractivity contribution is 0.0852. The molecular weight excluding hydrogens is 295 g/mol. The molecule has 5 heteroatoms. The van der Waals surface area contributed by atoms with E-state index in [0.717, 1.165) is 19.5 Å². The average molecular weight is 315 g/mol. The lowest BCUT2D eigenvalue weighted by Crippen LogP contribution is -2.46. The van der Waals surface area contributed by atoms with Crippen LogP contribution in [-0.2, 0) is 0 Å². The Morgan fingerprint density at radius 3 is 2.75 bits per heavy atom. The number of likely N-dealkylation sites (tertiary alicyclic amines) is 1. The van der Waals surface area contributed by atoms with Gasteiger partial charge in [-0.1, -0.05) is 23.2 Å². The summed E-state index contributed by atoms with van der Waals surface area (Å²) in [5.41, 5.74) is 0.631. The van der Waals surface area contributed by atoms with Gasteiger partial charge in [-0.25, -0.2) is 0 Å². The Balaban J connectivity index is 1.98. The van der Waals surface area contributed by atoms with Gasteiger partial charge in [-0.05, 0) is 51.7 Å². The van der Waals surface area contributed by atoms with Crippen molar-refractivity contribution in [2.75, 3.05) is 33.7 Å². The van der Waals surface area contributed by atoms with Crippen LogP contribution < -0.4 is 0 Å². The van der Waals surface area contributed by atoms with Crippen molar-refractivity contribution >= 4 is 29.0 Å². The minimum Gasteiger partial charge on any atom is -0.305 e. The fourth-order valence-electron chi connectivity index (χ4n) is 2.56. The molecule has 1 aromatic carbocycles. The zero-order valence-electron chi connectivity index (χ0n) is 11.9. The lowest BCUT2D eigenvalue weighted by Gasteiger charge is -2.35. The second-order valence-electron chi connectivity index (χ2n) is 5.55. The molecule has 0 aliphatic carbocycles. The molecule has 1 aromatic rings. The number of hydrogen-bond acceptors (Lipinski definition) is 3. The molecule has 0 amide bonds. The van der Waals surface area contributed by atoms with E-state index in [9.17, 15) is 4.79 Å². The Labute approximate surface area is 130 Å². The molecule has 1 saturated heterocycles. The van der Waals surface area contributed by atoms with Crippen molar-refractivity contribution in [2.24, 2.45) is 0 Å². The van der Waals surface area contributed by atoms with Gasteiger partial charge in [0.25, 0.3) is 0 Å². The highest BCUT2D eigenvalue weighted by Gasteiger charge is 2.23. The van der Waals surface area contributed by atoms with Gasteiger partial charge in [0.2, 0.25) is 0 Å². The van der Waals surface area contributed by atoms with Crippen LogP contribution in [0, 0.1) is 0 Å². The number of benzene rings is 1. The first kappa shape index (κ1) is 15.8. The van der Waals surface area contributed by atoms with E-state index in [4.69, 9.17) is 23.2 Å². The fourth-order valence-corrected chi connectivity index (χ4v) is 2.86. The molecule has 2 rings (SSSR count). The minimum atomic E-state index is 0.1000. The summed E-state index contributed by atoms with van der Waals surface area (Å²) in [6, 6.07) is 5.60. The molecule has 20 heavy (non-hydrogen) atoms. The topological polar surface area (TPSA) is 23.6 Å². The van der Waals surface area contributed by atoms with E-state index < -0.39 is 0 Å². The van der Waals surface area contributed by atoms with Gasteiger partial charge in [0.05, 0.1) is 16.6 Å². The third kappa shape index (κ3) is 3.95. The molecular formula is C15H20Cl2N2O. The summed E-state index contributed by atoms with van der Waals surface area (Å²) in [6.45, 7) is 2.37. The van der Waals surface area contributed by atoms with Crippen molar-refractivity contribution in [3.63, 3.8) is 0 Å². The standard InChI is InChI=1S/C15H20Cl2N2O/c1-18(2)12-4-3-7-19(9-12)10-15(20)11-5-6-13(16)14(17)8-11/h5-6,8,12H,3-4,7,9-10H2,1-2H3. The van der Waals surface area contributed by atoms with E-state index >= 15 is 0 Å². The van der Waals surface area contributed by atoms with Crippen molar-refractivity contribution < 1.29 is 4.79 Å². The monoisotopic (exact) mass is 314 g/mol. The number of rotatable bonds is 4. The number of carbonyl (C=O) groups excluding carboxylic acids is 1. The number of likely N-dealkylation sites (N-methyl/N-ethyl adjacent to an activating group) is 1. The van der Waals surface area contributed by atoms with Crippen molar-refractivity contribution in [1.82, 2.24) is 9.80 Å². The quantitative estimate of drug-likeness (QED) is 0.797. The first-order chi connectivity index (χ1) is 9.47. The van der Waals surface area contributed by atoms with Gasteiger partial charge in [-0.2, -0.15) is 0 Å². The van der Waals surface area contributed by atoms with Crippen LogP contribution in [-0.4, -0.2) is 55.4 Å². The molecule has 1 heterocycles. The Bertz CT molecular complexity index is 491. The molecule has 3 nitrogen and oxygen atoms in total. The van der Waals surface area contributed by atoms with Crippen molar-refractivity contribution in [3.05, 3.63) is 33.8 Å². The normalized spacial score (nSPS) is 20.4. The van der Waals surface area contributed by atoms with Crippen LogP contribution in [0.2, 0.25) is 10.0 Å². The fraction of sp³-hybridized carbons (Fsp3) is 0.533. The van der Waals surface area contributed by atoms with Crippen LogP contribution in [0.15, 0.2) is 18.2 Å². The summed E-state index contributed by atoms with van der Waals surface area (Å²) < 4.78 is 0. The summed E-state index contributed by atoms with van der Waals surface area (Å²) in [6.07, 6.45) is 2.34. The molecule has 0 N–H and O–H groups in total. The predicted octanol–water partition coefficient (Wildman–Crippen LogP) is 3.20. The summed E-state index contributed by atoms with van der Waals surface area (Å²) in [5, 5.41) is 0.913. The van der Waals surface area contributed by atoms with Gasteiger partial charge in [0, 0.05) is 18.2 Å². The smallest absolute Gasteiger partial charge is 0.176 e. The molecule has 1 fully saturated rings. The Morgan fingerprint density at radius 1 is 1.35 bits per heavy atom. The van der Waals surface area contributed by atoms with E-state index in [1.165, 1.54) is 6.42 Å². The molecule has 1 aliphatic rings. The summed E-state index contributed by atoms with van der Waals surface area (Å²) in [7, 11) is 4.18. The van der Waals surface area contributed by atoms with Crippen molar-refractivity contribution in [2.45, 2.75) is 18.9 Å². The second-order valence-corrected chi connectivity index (χ2v) is 6.36. The highest BCUT2D eigenvalue weighted by molar-refractivity contribution is 6.42. The maximum atomic E-state index is 12.3. The van der Waals surface area contributed by atoms with Crippen molar-refractivity contribution in [3.8, 4) is 0 Å². The van der Waals surface area contributed by atoms with Crippen LogP contribution in [0.1, 0.15) is 23.2 Å². The van der Waals surface area contributed by atoms with Crippen LogP contribution in [0.3, 0.4) is 0 Å². The maximum absolute atomic E-state index is 12.3. The Hall–Kier alpha value is -0.610. The average Bonchev–Trinajstić information content (AvgIpc) is 2.42. The first-order valence-corrected chi connectivity index (χ1v) is 7.60. The van der Waals surface area contributed by atoms with E-state index in [-0.39, 0.29) is 5.78 Å². The van der Waals surface area contributed by atoms with Crippen molar-refractivity contribution in [1.29, 1.82) is 0 Å². The molecule has 1 unspecified atom stereocenters. The summed E-state index contributed by atoms with van der Waals surface area (Å²) >= 11 is 11.8. The molecule has 1 atom stereocenters. The highest BCUT2D eigenvalue weighted by atomic mass is 35.5. The number of carbonyl (C=O) groups is 1. The molecule has 1 aliphatic heterocycles. The zero-order valence-corrected chi connectivity index (χ0v) is 13.4. The number of hydrogen-bond donors (Lipinski definition) is 0. The van der Waals surface area contributed by atoms with Gasteiger partial charge < -0.3 is 4.90 Å². The van der Waals surface area contributed by atoms with E-state index in [1.54, 1.807) is 18.2 Å². The SMILES string of the molecule is CN(C)C1CCCN(CC(=O)c2ccc(Cl)c(Cl)c2)C1. The highest BCUT2D eigenvalue weighted by Crippen LogP contribution is 2.23. The van der Waals surface area contributed by atoms with Gasteiger partial charge in [0.15, 0.2) is 5.78 Å². The van der Waals surface area contributed by atoms with E-state index in [2.05, 4.69) is 23.9 Å². The summed E-state index contributed by atoms with van der Waals surface area (Å²) in [5.74, 6) is 0.1000. The first-order valence-electron chi connectivity index (χ1n) is 6.84. The Morgan fingerprint density at radius 2 is 2.10 bits per heavy atom. The third-order valence-electron chi connectivity index (χ3n) is 3.82. The predicted molar refractivity (Wildman–Crippen MR) is 83.9 cm³/mol. The molecule has 0 spiro atoms. The van der Waals surface area contributed by atoms with Crippen LogP contribution in [0.4, 0.5) is 0 Å². The lowest BCUT2D eigenvalue weighted by atomic mass is 10.0. The molecule has 0 bridgehead atoms. The largest absolute Gasteiger partial charge is 0.305 e. The van der Waals surface area contributed by atoms with Crippen LogP contribution >= 0.6 is 23.2 Å². The number of halogens is 2. The third-order valence-corrected chi connectivity index (χ3v) is 4.56. The number of nitrogens with zero attached hydrogens (tertiary/aromatic N) is 2. The van der Waals surface area contributed by atoms with Gasteiger partial charge >= 0.3 is 0 Å².